The average molecular weight is 529 g/mol. The van der Waals surface area contributed by atoms with Gasteiger partial charge < -0.3 is 4.57 Å². The Morgan fingerprint density at radius 2 is 1.86 bits per heavy atom. The van der Waals surface area contributed by atoms with E-state index < -0.39 is 31.7 Å². The topological polar surface area (TPSA) is 128 Å². The number of hydrogen-bond donors (Lipinski definition) is 1. The number of halogens is 3. The van der Waals surface area contributed by atoms with E-state index >= 15 is 0 Å². The third kappa shape index (κ3) is 4.06. The van der Waals surface area contributed by atoms with Gasteiger partial charge >= 0.3 is 6.18 Å². The molecule has 0 atom stereocenters. The molecule has 0 bridgehead atoms. The lowest BCUT2D eigenvalue weighted by molar-refractivity contribution is -0.141. The van der Waals surface area contributed by atoms with Gasteiger partial charge in [-0.3, -0.25) is 4.40 Å². The van der Waals surface area contributed by atoms with Crippen LogP contribution >= 0.6 is 0 Å². The number of hydrogen-bond acceptors (Lipinski definition) is 7. The quantitative estimate of drug-likeness (QED) is 0.407. The highest BCUT2D eigenvalue weighted by Crippen LogP contribution is 2.34. The lowest BCUT2D eigenvalue weighted by atomic mass is 10.3. The monoisotopic (exact) mass is 528 g/mol. The van der Waals surface area contributed by atoms with Crippen LogP contribution in [0.3, 0.4) is 0 Å². The summed E-state index contributed by atoms with van der Waals surface area (Å²) >= 11 is 0. The van der Waals surface area contributed by atoms with Crippen LogP contribution in [-0.4, -0.2) is 52.6 Å². The maximum atomic E-state index is 13.1. The van der Waals surface area contributed by atoms with Crippen LogP contribution in [0.1, 0.15) is 25.5 Å². The molecule has 1 aliphatic carbocycles. The smallest absolute Gasteiger partial charge is 0.324 e. The number of pyridine rings is 2. The summed E-state index contributed by atoms with van der Waals surface area (Å²) in [6.45, 7) is 1.44. The van der Waals surface area contributed by atoms with Crippen LogP contribution in [0.15, 0.2) is 40.5 Å². The Hall–Kier alpha value is -3.04. The number of aryl methyl sites for hydroxylation is 1. The van der Waals surface area contributed by atoms with E-state index in [-0.39, 0.29) is 49.9 Å². The van der Waals surface area contributed by atoms with E-state index in [4.69, 9.17) is 0 Å². The van der Waals surface area contributed by atoms with Crippen molar-refractivity contribution in [2.75, 3.05) is 5.75 Å². The number of rotatable bonds is 6. The number of sulfonamides is 1. The Bertz CT molecular complexity index is 1700. The minimum atomic E-state index is -4.68. The summed E-state index contributed by atoms with van der Waals surface area (Å²) in [5.41, 5.74) is -1.01. The molecule has 4 aromatic heterocycles. The molecule has 1 saturated carbocycles. The van der Waals surface area contributed by atoms with Gasteiger partial charge in [-0.15, -0.1) is 0 Å². The molecule has 5 rings (SSSR count). The lowest BCUT2D eigenvalue weighted by Gasteiger charge is -2.07. The van der Waals surface area contributed by atoms with Crippen molar-refractivity contribution in [2.45, 2.75) is 41.9 Å². The number of aromatic nitrogens is 5. The molecule has 1 N–H and O–H groups in total. The van der Waals surface area contributed by atoms with Crippen LogP contribution < -0.4 is 4.72 Å². The van der Waals surface area contributed by atoms with Gasteiger partial charge in [0.05, 0.1) is 27.9 Å². The minimum absolute atomic E-state index is 0.00244. The van der Waals surface area contributed by atoms with Crippen molar-refractivity contribution >= 4 is 36.5 Å². The second-order valence-electron chi connectivity index (χ2n) is 8.21. The Balaban J connectivity index is 1.74. The molecule has 0 aromatic carbocycles. The summed E-state index contributed by atoms with van der Waals surface area (Å²) in [5, 5.41) is -0.239. The maximum Gasteiger partial charge on any atom is 0.433 e. The Morgan fingerprint density at radius 3 is 2.49 bits per heavy atom. The van der Waals surface area contributed by atoms with Crippen molar-refractivity contribution in [3.63, 3.8) is 0 Å². The zero-order chi connectivity index (χ0) is 25.3. The summed E-state index contributed by atoms with van der Waals surface area (Å²) in [5.74, 6) is -0.293. The number of nitrogens with one attached hydrogen (secondary N) is 1. The summed E-state index contributed by atoms with van der Waals surface area (Å²) < 4.78 is 95.9. The van der Waals surface area contributed by atoms with E-state index in [1.54, 1.807) is 0 Å². The molecule has 0 radical (unpaired) electrons. The molecule has 15 heteroatoms. The van der Waals surface area contributed by atoms with Crippen molar-refractivity contribution in [1.82, 2.24) is 28.6 Å². The van der Waals surface area contributed by atoms with Crippen molar-refractivity contribution in [3.05, 3.63) is 36.3 Å². The molecule has 0 aliphatic heterocycles. The van der Waals surface area contributed by atoms with Gasteiger partial charge in [0.25, 0.3) is 0 Å². The second-order valence-corrected chi connectivity index (χ2v) is 12.1. The molecule has 0 spiro atoms. The van der Waals surface area contributed by atoms with Crippen LogP contribution in [0, 0.1) is 0 Å². The number of imidazole rings is 2. The lowest BCUT2D eigenvalue weighted by Crippen LogP contribution is -2.25. The van der Waals surface area contributed by atoms with E-state index in [2.05, 4.69) is 19.7 Å². The largest absolute Gasteiger partial charge is 0.433 e. The molecule has 0 amide bonds. The molecule has 1 fully saturated rings. The number of alkyl halides is 3. The number of fused-ring (bicyclic) bond motifs is 2. The van der Waals surface area contributed by atoms with E-state index in [0.717, 1.165) is 25.1 Å². The van der Waals surface area contributed by atoms with Gasteiger partial charge in [-0.1, -0.05) is 6.92 Å². The summed E-state index contributed by atoms with van der Waals surface area (Å²) in [6.07, 6.45) is -0.895. The normalized spacial score (nSPS) is 15.3. The fourth-order valence-electron chi connectivity index (χ4n) is 3.69. The van der Waals surface area contributed by atoms with Gasteiger partial charge in [0.2, 0.25) is 10.0 Å². The first-order valence-corrected chi connectivity index (χ1v) is 13.6. The summed E-state index contributed by atoms with van der Waals surface area (Å²) in [6, 6.07) is 3.16. The molecule has 4 heterocycles. The molecule has 10 nitrogen and oxygen atoms in total. The summed E-state index contributed by atoms with van der Waals surface area (Å²) in [7, 11) is -6.25. The molecule has 0 unspecified atom stereocenters. The zero-order valence-electron chi connectivity index (χ0n) is 18.4. The fraction of sp³-hybridized carbons (Fsp3) is 0.350. The first kappa shape index (κ1) is 23.7. The average Bonchev–Trinajstić information content (AvgIpc) is 3.40. The van der Waals surface area contributed by atoms with Gasteiger partial charge in [-0.25, -0.2) is 36.5 Å². The second kappa shape index (κ2) is 7.73. The van der Waals surface area contributed by atoms with Crippen LogP contribution in [0.4, 0.5) is 13.2 Å². The molecule has 186 valence electrons. The zero-order valence-corrected chi connectivity index (χ0v) is 20.0. The SMILES string of the molecule is CCS(=O)(=O)c1c(-c2nc3cc(C(F)(F)F)ncc3n2C)nc2cc(S(=O)(=O)NC3CC3)ccn12. The Kier molecular flexibility index (Phi) is 5.23. The Labute approximate surface area is 197 Å². The summed E-state index contributed by atoms with van der Waals surface area (Å²) in [4.78, 5) is 11.9. The van der Waals surface area contributed by atoms with Crippen LogP contribution in [0.5, 0.6) is 0 Å². The standard InChI is InChI=1S/C20H19F3N6O4S2/c1-3-34(30,31)19-17(18-25-13-9-15(20(21,22)23)24-10-14(13)28(18)2)26-16-8-12(6-7-29(16)19)35(32,33)27-11-4-5-11/h6-11,27H,3-5H2,1-2H3. The van der Waals surface area contributed by atoms with E-state index in [9.17, 15) is 30.0 Å². The van der Waals surface area contributed by atoms with Gasteiger partial charge in [-0.05, 0) is 25.0 Å². The Morgan fingerprint density at radius 1 is 1.14 bits per heavy atom. The van der Waals surface area contributed by atoms with Crippen LogP contribution in [-0.2, 0) is 33.1 Å². The van der Waals surface area contributed by atoms with E-state index in [1.165, 1.54) is 41.3 Å². The highest BCUT2D eigenvalue weighted by Gasteiger charge is 2.34. The van der Waals surface area contributed by atoms with Gasteiger partial charge in [-0.2, -0.15) is 13.2 Å². The van der Waals surface area contributed by atoms with Gasteiger partial charge in [0, 0.05) is 25.4 Å². The number of nitrogens with zero attached hydrogens (tertiary/aromatic N) is 5. The first-order valence-electron chi connectivity index (χ1n) is 10.5. The maximum absolute atomic E-state index is 13.1. The molecular weight excluding hydrogens is 509 g/mol. The van der Waals surface area contributed by atoms with Crippen molar-refractivity contribution < 1.29 is 30.0 Å². The fourth-order valence-corrected chi connectivity index (χ4v) is 6.16. The third-order valence-electron chi connectivity index (χ3n) is 5.71. The van der Waals surface area contributed by atoms with Crippen molar-refractivity contribution in [3.8, 4) is 11.5 Å². The van der Waals surface area contributed by atoms with Crippen LogP contribution in [0.2, 0.25) is 0 Å². The molecular formula is C20H19F3N6O4S2. The van der Waals surface area contributed by atoms with E-state index in [1.807, 2.05) is 0 Å². The number of sulfone groups is 1. The molecule has 1 aliphatic rings. The minimum Gasteiger partial charge on any atom is -0.324 e. The highest BCUT2D eigenvalue weighted by atomic mass is 32.2. The third-order valence-corrected chi connectivity index (χ3v) is 8.96. The van der Waals surface area contributed by atoms with E-state index in [0.29, 0.717) is 0 Å². The molecule has 0 saturated heterocycles. The van der Waals surface area contributed by atoms with Crippen molar-refractivity contribution in [1.29, 1.82) is 0 Å². The van der Waals surface area contributed by atoms with Gasteiger partial charge in [0.1, 0.15) is 17.0 Å². The predicted molar refractivity (Wildman–Crippen MR) is 119 cm³/mol. The molecule has 35 heavy (non-hydrogen) atoms. The predicted octanol–water partition coefficient (Wildman–Crippen LogP) is 2.54. The molecule has 4 aromatic rings. The first-order chi connectivity index (χ1) is 16.3. The van der Waals surface area contributed by atoms with Gasteiger partial charge in [0.15, 0.2) is 20.7 Å². The highest BCUT2D eigenvalue weighted by molar-refractivity contribution is 7.91. The van der Waals surface area contributed by atoms with Crippen LogP contribution in [0.25, 0.3) is 28.2 Å². The van der Waals surface area contributed by atoms with Crippen molar-refractivity contribution in [2.24, 2.45) is 7.05 Å².